The lowest BCUT2D eigenvalue weighted by Crippen LogP contribution is -2.33. The van der Waals surface area contributed by atoms with Crippen molar-refractivity contribution in [3.8, 4) is 17.2 Å². The van der Waals surface area contributed by atoms with Gasteiger partial charge in [0.25, 0.3) is 0 Å². The number of hydrogen-bond donors (Lipinski definition) is 1. The second-order valence-electron chi connectivity index (χ2n) is 7.98. The van der Waals surface area contributed by atoms with Gasteiger partial charge in [-0.05, 0) is 42.7 Å². The van der Waals surface area contributed by atoms with Crippen molar-refractivity contribution in [2.45, 2.75) is 39.2 Å². The van der Waals surface area contributed by atoms with Gasteiger partial charge in [-0.3, -0.25) is 9.59 Å². The lowest BCUT2D eigenvalue weighted by Gasteiger charge is -2.28. The van der Waals surface area contributed by atoms with Gasteiger partial charge in [0, 0.05) is 24.7 Å². The quantitative estimate of drug-likeness (QED) is 0.627. The van der Waals surface area contributed by atoms with E-state index in [1.165, 1.54) is 0 Å². The van der Waals surface area contributed by atoms with Crippen molar-refractivity contribution in [3.05, 3.63) is 47.5 Å². The summed E-state index contributed by atoms with van der Waals surface area (Å²) in [6, 6.07) is 10.8. The fraction of sp³-hybridized carbons (Fsp3) is 0.440. The molecule has 172 valence electrons. The molecule has 0 saturated carbocycles. The molecule has 0 aliphatic carbocycles. The average molecular weight is 441 g/mol. The van der Waals surface area contributed by atoms with Crippen LogP contribution in [0.3, 0.4) is 0 Å². The molecule has 0 bridgehead atoms. The zero-order chi connectivity index (χ0) is 23.3. The normalized spacial score (nSPS) is 17.9. The minimum absolute atomic E-state index is 0.00320. The third-order valence-corrected chi connectivity index (χ3v) is 5.97. The molecule has 1 aliphatic rings. The van der Waals surface area contributed by atoms with Crippen LogP contribution in [0.15, 0.2) is 36.4 Å². The van der Waals surface area contributed by atoms with Crippen LogP contribution >= 0.6 is 0 Å². The van der Waals surface area contributed by atoms with Crippen LogP contribution in [0.2, 0.25) is 0 Å². The first-order chi connectivity index (χ1) is 15.4. The Balaban J connectivity index is 1.91. The van der Waals surface area contributed by atoms with Crippen molar-refractivity contribution in [2.75, 3.05) is 33.2 Å². The van der Waals surface area contributed by atoms with Gasteiger partial charge in [0.2, 0.25) is 11.8 Å². The van der Waals surface area contributed by atoms with Crippen LogP contribution in [0.5, 0.6) is 17.2 Å². The number of benzene rings is 2. The third-order valence-electron chi connectivity index (χ3n) is 5.97. The number of rotatable bonds is 9. The third kappa shape index (κ3) is 4.82. The van der Waals surface area contributed by atoms with Gasteiger partial charge in [-0.1, -0.05) is 25.5 Å². The number of carbonyl (C=O) groups is 2. The zero-order valence-electron chi connectivity index (χ0n) is 19.4. The van der Waals surface area contributed by atoms with E-state index in [1.54, 1.807) is 27.4 Å². The number of methoxy groups -OCH3 is 3. The molecule has 32 heavy (non-hydrogen) atoms. The summed E-state index contributed by atoms with van der Waals surface area (Å²) in [4.78, 5) is 28.1. The Morgan fingerprint density at radius 2 is 1.72 bits per heavy atom. The van der Waals surface area contributed by atoms with Crippen LogP contribution in [0, 0.1) is 12.8 Å². The van der Waals surface area contributed by atoms with E-state index in [2.05, 4.69) is 12.2 Å². The van der Waals surface area contributed by atoms with E-state index in [-0.39, 0.29) is 24.3 Å². The van der Waals surface area contributed by atoms with Gasteiger partial charge < -0.3 is 24.4 Å². The van der Waals surface area contributed by atoms with E-state index >= 15 is 0 Å². The maximum atomic E-state index is 13.4. The lowest BCUT2D eigenvalue weighted by molar-refractivity contribution is -0.129. The van der Waals surface area contributed by atoms with Gasteiger partial charge in [0.15, 0.2) is 11.5 Å². The van der Waals surface area contributed by atoms with Crippen LogP contribution in [0.25, 0.3) is 0 Å². The van der Waals surface area contributed by atoms with Gasteiger partial charge in [0.05, 0.1) is 33.3 Å². The smallest absolute Gasteiger partial charge is 0.230 e. The number of amides is 2. The molecule has 2 aromatic rings. The van der Waals surface area contributed by atoms with Crippen molar-refractivity contribution in [1.29, 1.82) is 0 Å². The van der Waals surface area contributed by atoms with Crippen LogP contribution in [0.1, 0.15) is 43.4 Å². The van der Waals surface area contributed by atoms with E-state index in [1.807, 2.05) is 42.2 Å². The highest BCUT2D eigenvalue weighted by Gasteiger charge is 2.44. The SMILES string of the molecule is CCCCN1C(=O)CC(C(=O)Nc2cc(OC)c(OC)cc2C)C1c1ccc(OC)cc1. The molecule has 1 heterocycles. The minimum Gasteiger partial charge on any atom is -0.497 e. The maximum Gasteiger partial charge on any atom is 0.230 e. The fourth-order valence-electron chi connectivity index (χ4n) is 4.17. The number of unbranched alkanes of at least 4 members (excludes halogenated alkanes) is 1. The molecule has 1 aliphatic heterocycles. The summed E-state index contributed by atoms with van der Waals surface area (Å²) in [6.07, 6.45) is 2.04. The Morgan fingerprint density at radius 3 is 2.31 bits per heavy atom. The highest BCUT2D eigenvalue weighted by atomic mass is 16.5. The lowest BCUT2D eigenvalue weighted by atomic mass is 9.92. The number of nitrogens with one attached hydrogen (secondary N) is 1. The number of likely N-dealkylation sites (tertiary alicyclic amines) is 1. The van der Waals surface area contributed by atoms with Crippen LogP contribution in [-0.2, 0) is 9.59 Å². The molecule has 1 saturated heterocycles. The van der Waals surface area contributed by atoms with Gasteiger partial charge in [0.1, 0.15) is 5.75 Å². The monoisotopic (exact) mass is 440 g/mol. The number of aryl methyl sites for hydroxylation is 1. The number of ether oxygens (including phenoxy) is 3. The maximum absolute atomic E-state index is 13.4. The standard InChI is InChI=1S/C25H32N2O5/c1-6-7-12-27-23(28)14-19(24(27)17-8-10-18(30-3)11-9-17)25(29)26-20-15-22(32-5)21(31-4)13-16(20)2/h8-11,13,15,19,24H,6-7,12,14H2,1-5H3,(H,26,29). The summed E-state index contributed by atoms with van der Waals surface area (Å²) in [7, 11) is 4.74. The molecule has 0 spiro atoms. The van der Waals surface area contributed by atoms with Gasteiger partial charge in [-0.2, -0.15) is 0 Å². The van der Waals surface area contributed by atoms with Gasteiger partial charge in [-0.25, -0.2) is 0 Å². The highest BCUT2D eigenvalue weighted by Crippen LogP contribution is 2.40. The zero-order valence-corrected chi connectivity index (χ0v) is 19.4. The second kappa shape index (κ2) is 10.4. The van der Waals surface area contributed by atoms with E-state index in [0.29, 0.717) is 23.7 Å². The van der Waals surface area contributed by atoms with E-state index < -0.39 is 5.92 Å². The Labute approximate surface area is 189 Å². The van der Waals surface area contributed by atoms with Crippen molar-refractivity contribution < 1.29 is 23.8 Å². The Morgan fingerprint density at radius 1 is 1.06 bits per heavy atom. The molecule has 1 fully saturated rings. The summed E-state index contributed by atoms with van der Waals surface area (Å²) in [5.74, 6) is 1.19. The molecule has 2 atom stereocenters. The number of anilines is 1. The Bertz CT molecular complexity index is 958. The molecule has 2 unspecified atom stereocenters. The second-order valence-corrected chi connectivity index (χ2v) is 7.98. The van der Waals surface area contributed by atoms with Gasteiger partial charge >= 0.3 is 0 Å². The molecule has 7 heteroatoms. The van der Waals surface area contributed by atoms with E-state index in [0.717, 1.165) is 29.7 Å². The summed E-state index contributed by atoms with van der Waals surface area (Å²) in [5.41, 5.74) is 2.42. The highest BCUT2D eigenvalue weighted by molar-refractivity contribution is 5.98. The molecule has 0 radical (unpaired) electrons. The molecular weight excluding hydrogens is 408 g/mol. The van der Waals surface area contributed by atoms with Crippen molar-refractivity contribution in [1.82, 2.24) is 4.90 Å². The summed E-state index contributed by atoms with van der Waals surface area (Å²) in [6.45, 7) is 4.62. The van der Waals surface area contributed by atoms with Crippen molar-refractivity contribution in [2.24, 2.45) is 5.92 Å². The number of carbonyl (C=O) groups excluding carboxylic acids is 2. The molecule has 2 amide bonds. The molecular formula is C25H32N2O5. The Hall–Kier alpha value is -3.22. The van der Waals surface area contributed by atoms with E-state index in [4.69, 9.17) is 14.2 Å². The first-order valence-electron chi connectivity index (χ1n) is 10.9. The first kappa shape index (κ1) is 23.4. The molecule has 0 aromatic heterocycles. The summed E-state index contributed by atoms with van der Waals surface area (Å²) < 4.78 is 16.0. The predicted molar refractivity (Wildman–Crippen MR) is 123 cm³/mol. The number of hydrogen-bond acceptors (Lipinski definition) is 5. The largest absolute Gasteiger partial charge is 0.497 e. The van der Waals surface area contributed by atoms with Crippen LogP contribution < -0.4 is 19.5 Å². The van der Waals surface area contributed by atoms with Crippen LogP contribution in [0.4, 0.5) is 5.69 Å². The molecule has 2 aromatic carbocycles. The van der Waals surface area contributed by atoms with Crippen molar-refractivity contribution >= 4 is 17.5 Å². The minimum atomic E-state index is -0.500. The summed E-state index contributed by atoms with van der Waals surface area (Å²) >= 11 is 0. The Kier molecular flexibility index (Phi) is 7.62. The van der Waals surface area contributed by atoms with E-state index in [9.17, 15) is 9.59 Å². The van der Waals surface area contributed by atoms with Gasteiger partial charge in [-0.15, -0.1) is 0 Å². The van der Waals surface area contributed by atoms with Crippen molar-refractivity contribution in [3.63, 3.8) is 0 Å². The average Bonchev–Trinajstić information content (AvgIpc) is 3.14. The molecule has 3 rings (SSSR count). The number of nitrogens with zero attached hydrogens (tertiary/aromatic N) is 1. The fourth-order valence-corrected chi connectivity index (χ4v) is 4.17. The molecule has 7 nitrogen and oxygen atoms in total. The topological polar surface area (TPSA) is 77.1 Å². The van der Waals surface area contributed by atoms with Crippen LogP contribution in [-0.4, -0.2) is 44.6 Å². The summed E-state index contributed by atoms with van der Waals surface area (Å²) in [5, 5.41) is 3.02. The molecule has 1 N–H and O–H groups in total. The predicted octanol–water partition coefficient (Wildman–Crippen LogP) is 4.35. The first-order valence-corrected chi connectivity index (χ1v) is 10.9.